The molecular weight excluding hydrogens is 296 g/mol. The van der Waals surface area contributed by atoms with Crippen LogP contribution in [-0.4, -0.2) is 30.2 Å². The molecule has 2 N–H and O–H groups in total. The number of hydrogen-bond donors (Lipinski definition) is 2. The third-order valence-corrected chi connectivity index (χ3v) is 3.00. The highest BCUT2D eigenvalue weighted by atomic mass is 35.5. The second kappa shape index (κ2) is 6.32. The van der Waals surface area contributed by atoms with Crippen LogP contribution in [0.25, 0.3) is 0 Å². The van der Waals surface area contributed by atoms with Gasteiger partial charge >= 0.3 is 0 Å². The summed E-state index contributed by atoms with van der Waals surface area (Å²) in [4.78, 5) is 15.9. The fourth-order valence-electron chi connectivity index (χ4n) is 1.70. The summed E-state index contributed by atoms with van der Waals surface area (Å²) in [6, 6.07) is 4.39. The monoisotopic (exact) mass is 308 g/mol. The van der Waals surface area contributed by atoms with E-state index < -0.39 is 5.91 Å². The molecule has 1 aromatic carbocycles. The summed E-state index contributed by atoms with van der Waals surface area (Å²) in [5, 5.41) is 12.3. The quantitative estimate of drug-likeness (QED) is 0.907. The minimum Gasteiger partial charge on any atom is -0.506 e. The number of anilines is 1. The number of nitrogens with zero attached hydrogens (tertiary/aromatic N) is 1. The number of amides is 1. The second-order valence-corrected chi connectivity index (χ2v) is 4.48. The zero-order chi connectivity index (χ0) is 15.4. The number of benzene rings is 1. The molecule has 0 saturated heterocycles. The fraction of sp³-hybridized carbons (Fsp3) is 0.143. The topological polar surface area (TPSA) is 80.7 Å². The number of ether oxygens (including phenoxy) is 2. The molecule has 21 heavy (non-hydrogen) atoms. The van der Waals surface area contributed by atoms with Gasteiger partial charge in [-0.25, -0.2) is 0 Å². The van der Waals surface area contributed by atoms with Crippen LogP contribution in [0.15, 0.2) is 30.6 Å². The molecule has 2 aromatic rings. The molecule has 7 heteroatoms. The van der Waals surface area contributed by atoms with Crippen molar-refractivity contribution in [2.24, 2.45) is 0 Å². The van der Waals surface area contributed by atoms with Gasteiger partial charge in [0.2, 0.25) is 0 Å². The van der Waals surface area contributed by atoms with Crippen molar-refractivity contribution in [3.63, 3.8) is 0 Å². The first-order valence-corrected chi connectivity index (χ1v) is 6.30. The molecule has 0 aliphatic carbocycles. The molecule has 0 fully saturated rings. The number of halogens is 1. The van der Waals surface area contributed by atoms with Crippen molar-refractivity contribution in [1.29, 1.82) is 0 Å². The lowest BCUT2D eigenvalue weighted by molar-refractivity contribution is 0.102. The van der Waals surface area contributed by atoms with Gasteiger partial charge in [0.1, 0.15) is 17.2 Å². The summed E-state index contributed by atoms with van der Waals surface area (Å²) in [7, 11) is 2.95. The Hall–Kier alpha value is -2.47. The Kier molecular flexibility index (Phi) is 4.49. The van der Waals surface area contributed by atoms with Gasteiger partial charge in [-0.1, -0.05) is 11.6 Å². The van der Waals surface area contributed by atoms with E-state index in [1.165, 1.54) is 38.7 Å². The van der Waals surface area contributed by atoms with E-state index in [9.17, 15) is 9.90 Å². The molecule has 0 unspecified atom stereocenters. The van der Waals surface area contributed by atoms with Crippen molar-refractivity contribution < 1.29 is 19.4 Å². The van der Waals surface area contributed by atoms with Crippen LogP contribution in [-0.2, 0) is 0 Å². The number of rotatable bonds is 4. The maximum Gasteiger partial charge on any atom is 0.257 e. The molecule has 1 heterocycles. The first-order valence-electron chi connectivity index (χ1n) is 5.92. The second-order valence-electron chi connectivity index (χ2n) is 4.07. The number of carbonyl (C=O) groups excluding carboxylic acids is 1. The fourth-order valence-corrected chi connectivity index (χ4v) is 1.95. The average Bonchev–Trinajstić information content (AvgIpc) is 2.47. The van der Waals surface area contributed by atoms with Gasteiger partial charge in [0.25, 0.3) is 5.91 Å². The van der Waals surface area contributed by atoms with Gasteiger partial charge in [0.05, 0.1) is 36.7 Å². The van der Waals surface area contributed by atoms with Crippen LogP contribution in [0.4, 0.5) is 5.69 Å². The van der Waals surface area contributed by atoms with Crippen molar-refractivity contribution >= 4 is 23.2 Å². The Morgan fingerprint density at radius 3 is 2.52 bits per heavy atom. The minimum atomic E-state index is -0.446. The van der Waals surface area contributed by atoms with Crippen molar-refractivity contribution in [1.82, 2.24) is 4.98 Å². The summed E-state index contributed by atoms with van der Waals surface area (Å²) in [6.45, 7) is 0. The number of aromatic hydroxyl groups is 1. The van der Waals surface area contributed by atoms with Crippen LogP contribution in [0.5, 0.6) is 17.2 Å². The Morgan fingerprint density at radius 1 is 1.19 bits per heavy atom. The number of carbonyl (C=O) groups is 1. The summed E-state index contributed by atoms with van der Waals surface area (Å²) >= 11 is 6.03. The van der Waals surface area contributed by atoms with Crippen LogP contribution in [0.1, 0.15) is 10.4 Å². The molecule has 6 nitrogen and oxygen atoms in total. The Balaban J connectivity index is 2.30. The van der Waals surface area contributed by atoms with Gasteiger partial charge in [0.15, 0.2) is 0 Å². The van der Waals surface area contributed by atoms with Crippen LogP contribution >= 0.6 is 11.6 Å². The standard InChI is InChI=1S/C14H13ClN2O4/c1-20-12-5-13(21-2)11(4-10(12)15)17-14(19)8-3-9(18)7-16-6-8/h3-7,18H,1-2H3,(H,17,19). The molecule has 0 radical (unpaired) electrons. The van der Waals surface area contributed by atoms with Crippen LogP contribution < -0.4 is 14.8 Å². The predicted octanol–water partition coefficient (Wildman–Crippen LogP) is 2.71. The molecule has 0 atom stereocenters. The summed E-state index contributed by atoms with van der Waals surface area (Å²) in [6.07, 6.45) is 2.58. The molecule has 1 aromatic heterocycles. The van der Waals surface area contributed by atoms with E-state index >= 15 is 0 Å². The third-order valence-electron chi connectivity index (χ3n) is 2.71. The van der Waals surface area contributed by atoms with E-state index in [0.717, 1.165) is 0 Å². The molecule has 0 saturated carbocycles. The van der Waals surface area contributed by atoms with E-state index in [-0.39, 0.29) is 11.3 Å². The normalized spacial score (nSPS) is 10.0. The van der Waals surface area contributed by atoms with Crippen molar-refractivity contribution in [2.75, 3.05) is 19.5 Å². The summed E-state index contributed by atoms with van der Waals surface area (Å²) in [5.41, 5.74) is 0.598. The Bertz CT molecular complexity index is 676. The molecular formula is C14H13ClN2O4. The number of aromatic nitrogens is 1. The van der Waals surface area contributed by atoms with Crippen LogP contribution in [0.3, 0.4) is 0 Å². The highest BCUT2D eigenvalue weighted by molar-refractivity contribution is 6.32. The lowest BCUT2D eigenvalue weighted by Crippen LogP contribution is -2.13. The van der Waals surface area contributed by atoms with E-state index in [1.807, 2.05) is 0 Å². The molecule has 1 amide bonds. The predicted molar refractivity (Wildman–Crippen MR) is 78.4 cm³/mol. The molecule has 0 spiro atoms. The average molecular weight is 309 g/mol. The van der Waals surface area contributed by atoms with E-state index in [0.29, 0.717) is 22.2 Å². The van der Waals surface area contributed by atoms with Gasteiger partial charge in [-0.15, -0.1) is 0 Å². The number of hydrogen-bond acceptors (Lipinski definition) is 5. The SMILES string of the molecule is COc1cc(OC)c(NC(=O)c2cncc(O)c2)cc1Cl. The summed E-state index contributed by atoms with van der Waals surface area (Å²) < 4.78 is 10.3. The summed E-state index contributed by atoms with van der Waals surface area (Å²) in [5.74, 6) is 0.295. The van der Waals surface area contributed by atoms with Crippen LogP contribution in [0.2, 0.25) is 5.02 Å². The lowest BCUT2D eigenvalue weighted by atomic mass is 10.2. The minimum absolute atomic E-state index is 0.0950. The molecule has 0 aliphatic rings. The van der Waals surface area contributed by atoms with Gasteiger partial charge in [-0.2, -0.15) is 0 Å². The molecule has 0 aliphatic heterocycles. The largest absolute Gasteiger partial charge is 0.506 e. The molecule has 2 rings (SSSR count). The van der Waals surface area contributed by atoms with Crippen LogP contribution in [0, 0.1) is 0 Å². The number of pyridine rings is 1. The zero-order valence-corrected chi connectivity index (χ0v) is 12.1. The maximum absolute atomic E-state index is 12.1. The number of nitrogens with one attached hydrogen (secondary N) is 1. The van der Waals surface area contributed by atoms with Crippen molar-refractivity contribution in [2.45, 2.75) is 0 Å². The molecule has 0 bridgehead atoms. The number of methoxy groups -OCH3 is 2. The van der Waals surface area contributed by atoms with Gasteiger partial charge < -0.3 is 19.9 Å². The smallest absolute Gasteiger partial charge is 0.257 e. The third kappa shape index (κ3) is 3.35. The van der Waals surface area contributed by atoms with E-state index in [2.05, 4.69) is 10.3 Å². The zero-order valence-electron chi connectivity index (χ0n) is 11.4. The van der Waals surface area contributed by atoms with E-state index in [1.54, 1.807) is 6.07 Å². The van der Waals surface area contributed by atoms with Gasteiger partial charge in [-0.3, -0.25) is 9.78 Å². The highest BCUT2D eigenvalue weighted by Crippen LogP contribution is 2.36. The van der Waals surface area contributed by atoms with Crippen molar-refractivity contribution in [3.05, 3.63) is 41.2 Å². The Labute approximate surface area is 126 Å². The van der Waals surface area contributed by atoms with E-state index in [4.69, 9.17) is 21.1 Å². The highest BCUT2D eigenvalue weighted by Gasteiger charge is 2.14. The lowest BCUT2D eigenvalue weighted by Gasteiger charge is -2.13. The molecule has 110 valence electrons. The maximum atomic E-state index is 12.1. The van der Waals surface area contributed by atoms with Crippen molar-refractivity contribution in [3.8, 4) is 17.2 Å². The first-order chi connectivity index (χ1) is 10.0. The van der Waals surface area contributed by atoms with Gasteiger partial charge in [-0.05, 0) is 12.1 Å². The van der Waals surface area contributed by atoms with Gasteiger partial charge in [0, 0.05) is 12.3 Å². The Morgan fingerprint density at radius 2 is 1.90 bits per heavy atom. The first kappa shape index (κ1) is 14.9.